The van der Waals surface area contributed by atoms with E-state index in [1.165, 1.54) is 5.56 Å². The number of sulfonamides is 1. The van der Waals surface area contributed by atoms with Gasteiger partial charge in [-0.15, -0.1) is 0 Å². The van der Waals surface area contributed by atoms with Crippen molar-refractivity contribution >= 4 is 16.0 Å². The Morgan fingerprint density at radius 1 is 1.45 bits per heavy atom. The lowest BCUT2D eigenvalue weighted by molar-refractivity contribution is -0.137. The number of fused-ring (bicyclic) bond motifs is 1. The molecule has 0 saturated heterocycles. The Balaban J connectivity index is 1.95. The number of aliphatic carboxylic acids is 1. The highest BCUT2D eigenvalue weighted by molar-refractivity contribution is 7.89. The number of nitrogens with one attached hydrogen (secondary N) is 2. The molecule has 5 N–H and O–H groups in total. The van der Waals surface area contributed by atoms with Crippen LogP contribution in [0.1, 0.15) is 23.6 Å². The molecule has 0 bridgehead atoms. The first-order chi connectivity index (χ1) is 9.39. The Bertz CT molecular complexity index is 602. The van der Waals surface area contributed by atoms with Gasteiger partial charge in [0.2, 0.25) is 10.0 Å². The van der Waals surface area contributed by atoms with E-state index in [4.69, 9.17) is 10.8 Å². The van der Waals surface area contributed by atoms with Crippen LogP contribution in [-0.4, -0.2) is 31.3 Å². The molecule has 1 unspecified atom stereocenters. The molecule has 1 aromatic carbocycles. The SMILES string of the molecule is N[C@H](CS(=O)(=O)NNC1CCc2ccccc21)C(=O)O. The van der Waals surface area contributed by atoms with Crippen LogP contribution in [0.25, 0.3) is 0 Å². The molecule has 7 nitrogen and oxygen atoms in total. The van der Waals surface area contributed by atoms with E-state index in [0.717, 1.165) is 18.4 Å². The van der Waals surface area contributed by atoms with Crippen molar-refractivity contribution in [1.82, 2.24) is 10.3 Å². The monoisotopic (exact) mass is 299 g/mol. The van der Waals surface area contributed by atoms with Crippen molar-refractivity contribution in [2.45, 2.75) is 24.9 Å². The number of carboxylic acid groups (broad SMARTS) is 1. The van der Waals surface area contributed by atoms with Crippen LogP contribution in [0.15, 0.2) is 24.3 Å². The van der Waals surface area contributed by atoms with Gasteiger partial charge >= 0.3 is 5.97 Å². The van der Waals surface area contributed by atoms with E-state index in [-0.39, 0.29) is 6.04 Å². The van der Waals surface area contributed by atoms with E-state index in [9.17, 15) is 13.2 Å². The van der Waals surface area contributed by atoms with Crippen LogP contribution in [0.3, 0.4) is 0 Å². The van der Waals surface area contributed by atoms with Gasteiger partial charge in [-0.25, -0.2) is 13.8 Å². The van der Waals surface area contributed by atoms with Crippen LogP contribution < -0.4 is 16.0 Å². The van der Waals surface area contributed by atoms with Crippen molar-refractivity contribution in [1.29, 1.82) is 0 Å². The summed E-state index contributed by atoms with van der Waals surface area (Å²) >= 11 is 0. The molecular formula is C12H17N3O4S. The van der Waals surface area contributed by atoms with E-state index in [1.807, 2.05) is 24.3 Å². The van der Waals surface area contributed by atoms with Gasteiger partial charge in [0.15, 0.2) is 0 Å². The highest BCUT2D eigenvalue weighted by atomic mass is 32.2. The minimum Gasteiger partial charge on any atom is -0.480 e. The molecule has 1 aliphatic carbocycles. The maximum atomic E-state index is 11.7. The Hall–Kier alpha value is -1.48. The van der Waals surface area contributed by atoms with E-state index >= 15 is 0 Å². The summed E-state index contributed by atoms with van der Waals surface area (Å²) in [7, 11) is -3.78. The zero-order valence-corrected chi connectivity index (χ0v) is 11.6. The second kappa shape index (κ2) is 5.88. The fourth-order valence-corrected chi connectivity index (χ4v) is 3.24. The Morgan fingerprint density at radius 3 is 2.85 bits per heavy atom. The second-order valence-corrected chi connectivity index (χ2v) is 6.53. The summed E-state index contributed by atoms with van der Waals surface area (Å²) in [6.07, 6.45) is 1.66. The molecule has 110 valence electrons. The van der Waals surface area contributed by atoms with Crippen molar-refractivity contribution in [2.75, 3.05) is 5.75 Å². The lowest BCUT2D eigenvalue weighted by Crippen LogP contribution is -2.46. The maximum absolute atomic E-state index is 11.7. The van der Waals surface area contributed by atoms with E-state index in [0.29, 0.717) is 0 Å². The molecule has 0 fully saturated rings. The van der Waals surface area contributed by atoms with Gasteiger partial charge in [0.1, 0.15) is 6.04 Å². The molecule has 0 heterocycles. The number of carbonyl (C=O) groups is 1. The number of hydrogen-bond acceptors (Lipinski definition) is 5. The number of rotatable bonds is 6. The van der Waals surface area contributed by atoms with Gasteiger partial charge < -0.3 is 10.8 Å². The molecule has 0 aliphatic heterocycles. The number of nitrogens with two attached hydrogens (primary N) is 1. The highest BCUT2D eigenvalue weighted by Gasteiger charge is 2.25. The predicted octanol–water partition coefficient (Wildman–Crippen LogP) is -0.490. The topological polar surface area (TPSA) is 122 Å². The number of benzene rings is 1. The first kappa shape index (κ1) is 14.9. The largest absolute Gasteiger partial charge is 0.480 e. The molecule has 0 radical (unpaired) electrons. The van der Waals surface area contributed by atoms with Gasteiger partial charge in [-0.2, -0.15) is 4.83 Å². The molecule has 1 aromatic rings. The average Bonchev–Trinajstić information content (AvgIpc) is 2.79. The fourth-order valence-electron chi connectivity index (χ4n) is 2.22. The fraction of sp³-hybridized carbons (Fsp3) is 0.417. The zero-order valence-electron chi connectivity index (χ0n) is 10.7. The zero-order chi connectivity index (χ0) is 14.8. The Morgan fingerprint density at radius 2 is 2.15 bits per heavy atom. The Labute approximate surface area is 117 Å². The van der Waals surface area contributed by atoms with Crippen molar-refractivity contribution in [3.8, 4) is 0 Å². The smallest absolute Gasteiger partial charge is 0.321 e. The molecule has 0 spiro atoms. The lowest BCUT2D eigenvalue weighted by atomic mass is 10.1. The summed E-state index contributed by atoms with van der Waals surface area (Å²) in [6, 6.07) is 6.24. The third-order valence-corrected chi connectivity index (χ3v) is 4.46. The molecule has 1 aliphatic rings. The van der Waals surface area contributed by atoms with Crippen LogP contribution in [0, 0.1) is 0 Å². The molecule has 8 heteroatoms. The minimum atomic E-state index is -3.78. The van der Waals surface area contributed by atoms with E-state index in [1.54, 1.807) is 0 Å². The third-order valence-electron chi connectivity index (χ3n) is 3.24. The molecule has 0 saturated carbocycles. The number of carboxylic acids is 1. The molecule has 0 amide bonds. The van der Waals surface area contributed by atoms with Crippen molar-refractivity contribution in [2.24, 2.45) is 5.73 Å². The van der Waals surface area contributed by atoms with Gasteiger partial charge in [-0.3, -0.25) is 4.79 Å². The van der Waals surface area contributed by atoms with Crippen LogP contribution in [0.4, 0.5) is 0 Å². The van der Waals surface area contributed by atoms with Crippen molar-refractivity contribution in [3.63, 3.8) is 0 Å². The first-order valence-electron chi connectivity index (χ1n) is 6.20. The molecule has 2 atom stereocenters. The lowest BCUT2D eigenvalue weighted by Gasteiger charge is -2.16. The summed E-state index contributed by atoms with van der Waals surface area (Å²) in [5.74, 6) is -2.01. The highest BCUT2D eigenvalue weighted by Crippen LogP contribution is 2.30. The van der Waals surface area contributed by atoms with Crippen molar-refractivity contribution < 1.29 is 18.3 Å². The van der Waals surface area contributed by atoms with E-state index < -0.39 is 27.8 Å². The number of hydrazine groups is 1. The quantitative estimate of drug-likeness (QED) is 0.526. The molecule has 2 rings (SSSR count). The summed E-state index contributed by atoms with van der Waals surface area (Å²) in [6.45, 7) is 0. The normalized spacial score (nSPS) is 19.6. The van der Waals surface area contributed by atoms with Gasteiger partial charge in [0.05, 0.1) is 5.75 Å². The van der Waals surface area contributed by atoms with Gasteiger partial charge in [-0.1, -0.05) is 24.3 Å². The summed E-state index contributed by atoms with van der Waals surface area (Å²) in [5, 5.41) is 8.62. The average molecular weight is 299 g/mol. The first-order valence-corrected chi connectivity index (χ1v) is 7.85. The van der Waals surface area contributed by atoms with Crippen LogP contribution in [0.5, 0.6) is 0 Å². The number of aryl methyl sites for hydroxylation is 1. The van der Waals surface area contributed by atoms with Crippen LogP contribution in [0.2, 0.25) is 0 Å². The van der Waals surface area contributed by atoms with E-state index in [2.05, 4.69) is 10.3 Å². The summed E-state index contributed by atoms with van der Waals surface area (Å²) in [4.78, 5) is 12.8. The van der Waals surface area contributed by atoms with Crippen LogP contribution in [-0.2, 0) is 21.2 Å². The summed E-state index contributed by atoms with van der Waals surface area (Å²) in [5.41, 5.74) is 10.2. The molecular weight excluding hydrogens is 282 g/mol. The standard InChI is InChI=1S/C12H17N3O4S/c13-10(12(16)17)7-20(18,19)15-14-11-6-5-8-3-1-2-4-9(8)11/h1-4,10-11,14-15H,5-7,13H2,(H,16,17)/t10-,11?/m1/s1. The molecule has 0 aromatic heterocycles. The minimum absolute atomic E-state index is 0.109. The van der Waals surface area contributed by atoms with Gasteiger partial charge in [0.25, 0.3) is 0 Å². The summed E-state index contributed by atoms with van der Waals surface area (Å²) < 4.78 is 23.4. The van der Waals surface area contributed by atoms with Crippen molar-refractivity contribution in [3.05, 3.63) is 35.4 Å². The number of hydrogen-bond donors (Lipinski definition) is 4. The molecule has 20 heavy (non-hydrogen) atoms. The Kier molecular flexibility index (Phi) is 4.39. The second-order valence-electron chi connectivity index (χ2n) is 4.76. The van der Waals surface area contributed by atoms with Gasteiger partial charge in [-0.05, 0) is 24.0 Å². The maximum Gasteiger partial charge on any atom is 0.321 e. The third kappa shape index (κ3) is 3.54. The predicted molar refractivity (Wildman–Crippen MR) is 73.2 cm³/mol. The van der Waals surface area contributed by atoms with Gasteiger partial charge in [0, 0.05) is 6.04 Å². The van der Waals surface area contributed by atoms with Crippen LogP contribution >= 0.6 is 0 Å².